The van der Waals surface area contributed by atoms with Crippen molar-refractivity contribution in [2.45, 2.75) is 39.2 Å². The van der Waals surface area contributed by atoms with E-state index >= 15 is 0 Å². The SMILES string of the molecule is CCNC(=NCc1cccc(NC(=O)C2CCC2)c1)NCCc1ccccc1OC. The van der Waals surface area contributed by atoms with E-state index in [1.54, 1.807) is 7.11 Å². The van der Waals surface area contributed by atoms with E-state index in [2.05, 4.69) is 22.0 Å². The number of guanidine groups is 1. The second kappa shape index (κ2) is 11.2. The van der Waals surface area contributed by atoms with E-state index in [0.717, 1.165) is 61.7 Å². The van der Waals surface area contributed by atoms with Crippen LogP contribution in [0, 0.1) is 5.92 Å². The summed E-state index contributed by atoms with van der Waals surface area (Å²) in [6, 6.07) is 16.0. The molecular weight excluding hydrogens is 376 g/mol. The number of carbonyl (C=O) groups is 1. The number of carbonyl (C=O) groups excluding carboxylic acids is 1. The predicted octanol–water partition coefficient (Wildman–Crippen LogP) is 3.73. The van der Waals surface area contributed by atoms with Crippen molar-refractivity contribution in [2.75, 3.05) is 25.5 Å². The Kier molecular flexibility index (Phi) is 8.12. The van der Waals surface area contributed by atoms with Gasteiger partial charge in [0.2, 0.25) is 5.91 Å². The number of hydrogen-bond acceptors (Lipinski definition) is 3. The molecule has 160 valence electrons. The summed E-state index contributed by atoms with van der Waals surface area (Å²) in [6.45, 7) is 4.13. The molecule has 1 amide bonds. The normalized spacial score (nSPS) is 14.0. The van der Waals surface area contributed by atoms with Gasteiger partial charge >= 0.3 is 0 Å². The topological polar surface area (TPSA) is 74.8 Å². The van der Waals surface area contributed by atoms with Gasteiger partial charge < -0.3 is 20.7 Å². The third-order valence-electron chi connectivity index (χ3n) is 5.31. The lowest BCUT2D eigenvalue weighted by Crippen LogP contribution is -2.38. The number of rotatable bonds is 9. The fourth-order valence-corrected chi connectivity index (χ4v) is 3.40. The van der Waals surface area contributed by atoms with Crippen molar-refractivity contribution < 1.29 is 9.53 Å². The summed E-state index contributed by atoms with van der Waals surface area (Å²) in [4.78, 5) is 16.9. The number of anilines is 1. The summed E-state index contributed by atoms with van der Waals surface area (Å²) >= 11 is 0. The van der Waals surface area contributed by atoms with Crippen molar-refractivity contribution in [3.05, 3.63) is 59.7 Å². The van der Waals surface area contributed by atoms with Crippen molar-refractivity contribution in [3.8, 4) is 5.75 Å². The smallest absolute Gasteiger partial charge is 0.227 e. The highest BCUT2D eigenvalue weighted by Gasteiger charge is 2.25. The van der Waals surface area contributed by atoms with Crippen LogP contribution in [0.1, 0.15) is 37.3 Å². The van der Waals surface area contributed by atoms with E-state index in [-0.39, 0.29) is 11.8 Å². The maximum absolute atomic E-state index is 12.2. The van der Waals surface area contributed by atoms with Crippen molar-refractivity contribution in [1.82, 2.24) is 10.6 Å². The van der Waals surface area contributed by atoms with Gasteiger partial charge in [-0.1, -0.05) is 36.8 Å². The maximum atomic E-state index is 12.2. The van der Waals surface area contributed by atoms with Gasteiger partial charge in [0.25, 0.3) is 0 Å². The lowest BCUT2D eigenvalue weighted by atomic mass is 9.85. The minimum atomic E-state index is 0.133. The number of aliphatic imine (C=N–C) groups is 1. The molecule has 6 nitrogen and oxygen atoms in total. The summed E-state index contributed by atoms with van der Waals surface area (Å²) in [5, 5.41) is 9.69. The molecule has 0 aliphatic heterocycles. The van der Waals surface area contributed by atoms with Crippen molar-refractivity contribution in [2.24, 2.45) is 10.9 Å². The molecule has 2 aromatic carbocycles. The zero-order chi connectivity index (χ0) is 21.2. The van der Waals surface area contributed by atoms with Gasteiger partial charge in [0.1, 0.15) is 5.75 Å². The average Bonchev–Trinajstić information content (AvgIpc) is 2.71. The zero-order valence-corrected chi connectivity index (χ0v) is 17.9. The molecule has 3 rings (SSSR count). The quantitative estimate of drug-likeness (QED) is 0.437. The van der Waals surface area contributed by atoms with Gasteiger partial charge in [0, 0.05) is 24.7 Å². The third-order valence-corrected chi connectivity index (χ3v) is 5.31. The molecule has 1 aliphatic carbocycles. The summed E-state index contributed by atoms with van der Waals surface area (Å²) in [5.74, 6) is 1.99. The van der Waals surface area contributed by atoms with E-state index in [0.29, 0.717) is 6.54 Å². The molecule has 0 saturated heterocycles. The molecule has 0 bridgehead atoms. The Bertz CT molecular complexity index is 862. The molecule has 6 heteroatoms. The first-order chi connectivity index (χ1) is 14.7. The number of amides is 1. The molecule has 0 heterocycles. The molecule has 1 aliphatic rings. The summed E-state index contributed by atoms with van der Waals surface area (Å²) in [5.41, 5.74) is 3.07. The van der Waals surface area contributed by atoms with Crippen LogP contribution in [-0.2, 0) is 17.8 Å². The van der Waals surface area contributed by atoms with Gasteiger partial charge in [-0.3, -0.25) is 4.79 Å². The van der Waals surface area contributed by atoms with Crippen LogP contribution < -0.4 is 20.7 Å². The van der Waals surface area contributed by atoms with E-state index in [4.69, 9.17) is 9.73 Å². The first-order valence-electron chi connectivity index (χ1n) is 10.7. The molecule has 3 N–H and O–H groups in total. The average molecular weight is 409 g/mol. The molecule has 0 spiro atoms. The van der Waals surface area contributed by atoms with Crippen molar-refractivity contribution in [3.63, 3.8) is 0 Å². The number of nitrogens with one attached hydrogen (secondary N) is 3. The van der Waals surface area contributed by atoms with Crippen LogP contribution in [-0.4, -0.2) is 32.1 Å². The molecule has 0 atom stereocenters. The highest BCUT2D eigenvalue weighted by molar-refractivity contribution is 5.93. The van der Waals surface area contributed by atoms with E-state index < -0.39 is 0 Å². The first-order valence-corrected chi connectivity index (χ1v) is 10.7. The molecule has 0 unspecified atom stereocenters. The number of methoxy groups -OCH3 is 1. The second-order valence-electron chi connectivity index (χ2n) is 7.50. The number of hydrogen-bond donors (Lipinski definition) is 3. The van der Waals surface area contributed by atoms with Gasteiger partial charge in [-0.05, 0) is 55.5 Å². The lowest BCUT2D eigenvalue weighted by molar-refractivity contribution is -0.122. The van der Waals surface area contributed by atoms with Crippen LogP contribution in [0.4, 0.5) is 5.69 Å². The van der Waals surface area contributed by atoms with Crippen LogP contribution in [0.2, 0.25) is 0 Å². The fourth-order valence-electron chi connectivity index (χ4n) is 3.40. The standard InChI is InChI=1S/C24H32N4O2/c1-3-25-24(26-15-14-19-9-4-5-13-22(19)30-2)27-17-18-8-6-12-21(16-18)28-23(29)20-10-7-11-20/h4-6,8-9,12-13,16,20H,3,7,10-11,14-15,17H2,1-2H3,(H,28,29)(H2,25,26,27). The van der Waals surface area contributed by atoms with Crippen molar-refractivity contribution in [1.29, 1.82) is 0 Å². The Morgan fingerprint density at radius 2 is 1.97 bits per heavy atom. The highest BCUT2D eigenvalue weighted by Crippen LogP contribution is 2.27. The van der Waals surface area contributed by atoms with Gasteiger partial charge in [0.05, 0.1) is 13.7 Å². The van der Waals surface area contributed by atoms with Crippen molar-refractivity contribution >= 4 is 17.6 Å². The second-order valence-corrected chi connectivity index (χ2v) is 7.50. The Morgan fingerprint density at radius 3 is 2.70 bits per heavy atom. The van der Waals surface area contributed by atoms with E-state index in [9.17, 15) is 4.79 Å². The van der Waals surface area contributed by atoms with Gasteiger partial charge in [-0.15, -0.1) is 0 Å². The highest BCUT2D eigenvalue weighted by atomic mass is 16.5. The minimum Gasteiger partial charge on any atom is -0.496 e. The van der Waals surface area contributed by atoms with E-state index in [1.807, 2.05) is 49.4 Å². The van der Waals surface area contributed by atoms with E-state index in [1.165, 1.54) is 5.56 Å². The minimum absolute atomic E-state index is 0.133. The molecule has 0 aromatic heterocycles. The lowest BCUT2D eigenvalue weighted by Gasteiger charge is -2.24. The zero-order valence-electron chi connectivity index (χ0n) is 17.9. The van der Waals surface area contributed by atoms with Crippen LogP contribution in [0.5, 0.6) is 5.75 Å². The Hall–Kier alpha value is -3.02. The van der Waals surface area contributed by atoms with Crippen LogP contribution in [0.15, 0.2) is 53.5 Å². The fraction of sp³-hybridized carbons (Fsp3) is 0.417. The number of para-hydroxylation sites is 1. The van der Waals surface area contributed by atoms with Gasteiger partial charge in [-0.25, -0.2) is 4.99 Å². The van der Waals surface area contributed by atoms with Gasteiger partial charge in [-0.2, -0.15) is 0 Å². The Morgan fingerprint density at radius 1 is 1.13 bits per heavy atom. The number of ether oxygens (including phenoxy) is 1. The molecular formula is C24H32N4O2. The predicted molar refractivity (Wildman–Crippen MR) is 122 cm³/mol. The van der Waals surface area contributed by atoms with Crippen LogP contribution >= 0.6 is 0 Å². The summed E-state index contributed by atoms with van der Waals surface area (Å²) in [7, 11) is 1.69. The van der Waals surface area contributed by atoms with Gasteiger partial charge in [0.15, 0.2) is 5.96 Å². The molecule has 0 radical (unpaired) electrons. The Balaban J connectivity index is 1.54. The monoisotopic (exact) mass is 408 g/mol. The summed E-state index contributed by atoms with van der Waals surface area (Å²) < 4.78 is 5.42. The molecule has 1 fully saturated rings. The summed E-state index contributed by atoms with van der Waals surface area (Å²) in [6.07, 6.45) is 4.01. The molecule has 2 aromatic rings. The third kappa shape index (κ3) is 6.24. The molecule has 30 heavy (non-hydrogen) atoms. The number of benzene rings is 2. The van der Waals surface area contributed by atoms with Crippen LogP contribution in [0.25, 0.3) is 0 Å². The number of nitrogens with zero attached hydrogens (tertiary/aromatic N) is 1. The maximum Gasteiger partial charge on any atom is 0.227 e. The first kappa shape index (κ1) is 21.7. The molecule has 1 saturated carbocycles. The largest absolute Gasteiger partial charge is 0.496 e. The van der Waals surface area contributed by atoms with Crippen LogP contribution in [0.3, 0.4) is 0 Å². The Labute approximate surface area is 179 Å².